The normalized spacial score (nSPS) is 14.1. The molecule has 2 aromatic rings. The molecule has 1 heterocycles. The zero-order valence-electron chi connectivity index (χ0n) is 19.0. The lowest BCUT2D eigenvalue weighted by atomic mass is 10.1. The lowest BCUT2D eigenvalue weighted by molar-refractivity contribution is -0.143. The molecule has 10 nitrogen and oxygen atoms in total. The Balaban J connectivity index is 1.70. The number of para-hydroxylation sites is 1. The number of aryl methyl sites for hydroxylation is 1. The van der Waals surface area contributed by atoms with Gasteiger partial charge in [-0.1, -0.05) is 31.2 Å². The first-order valence-electron chi connectivity index (χ1n) is 10.5. The minimum atomic E-state index is -0.694. The number of esters is 1. The summed E-state index contributed by atoms with van der Waals surface area (Å²) in [4.78, 5) is 49.7. The van der Waals surface area contributed by atoms with Crippen LogP contribution < -0.4 is 20.1 Å². The zero-order valence-corrected chi connectivity index (χ0v) is 19.0. The molecule has 0 aromatic heterocycles. The van der Waals surface area contributed by atoms with Gasteiger partial charge in [0.1, 0.15) is 12.2 Å². The largest absolute Gasteiger partial charge is 0.493 e. The molecule has 2 N–H and O–H groups in total. The third-order valence-electron chi connectivity index (χ3n) is 5.01. The predicted molar refractivity (Wildman–Crippen MR) is 123 cm³/mol. The van der Waals surface area contributed by atoms with Gasteiger partial charge in [0.2, 0.25) is 5.91 Å². The minimum Gasteiger partial charge on any atom is -0.493 e. The van der Waals surface area contributed by atoms with E-state index in [9.17, 15) is 19.2 Å². The molecule has 1 aliphatic rings. The van der Waals surface area contributed by atoms with E-state index in [1.165, 1.54) is 20.3 Å². The Morgan fingerprint density at radius 1 is 1.09 bits per heavy atom. The maximum Gasteiger partial charge on any atom is 0.343 e. The fourth-order valence-electron chi connectivity index (χ4n) is 3.25. The molecule has 1 fully saturated rings. The molecule has 3 rings (SSSR count). The first-order valence-corrected chi connectivity index (χ1v) is 10.5. The number of imide groups is 1. The highest BCUT2D eigenvalue weighted by Crippen LogP contribution is 2.29. The molecule has 1 aliphatic heterocycles. The number of rotatable bonds is 9. The van der Waals surface area contributed by atoms with Crippen LogP contribution in [0.2, 0.25) is 0 Å². The first kappa shape index (κ1) is 24.3. The number of urea groups is 1. The number of benzene rings is 2. The number of hydrogen-bond donors (Lipinski definition) is 2. The molecule has 34 heavy (non-hydrogen) atoms. The average Bonchev–Trinajstić information content (AvgIpc) is 3.10. The lowest BCUT2D eigenvalue weighted by Crippen LogP contribution is -2.38. The molecular formula is C24H25N3O7. The Bertz CT molecular complexity index is 1140. The topological polar surface area (TPSA) is 123 Å². The fourth-order valence-corrected chi connectivity index (χ4v) is 3.25. The van der Waals surface area contributed by atoms with Gasteiger partial charge in [0.15, 0.2) is 18.1 Å². The van der Waals surface area contributed by atoms with Gasteiger partial charge in [0, 0.05) is 5.69 Å². The molecule has 0 bridgehead atoms. The molecule has 0 spiro atoms. The van der Waals surface area contributed by atoms with Gasteiger partial charge in [-0.25, -0.2) is 14.5 Å². The standard InChI is InChI=1S/C24H25N3O7/c1-4-16-7-5-6-8-17(16)25-21(28)13-27-23(30)18(26-24(27)31)11-15-9-10-19(20(12-15)32-2)34-14-22(29)33-3/h5-12H,4,13-14H2,1-3H3,(H,25,28)(H,26,31)/b18-11+. The second-order valence-corrected chi connectivity index (χ2v) is 7.21. The third-order valence-corrected chi connectivity index (χ3v) is 5.01. The highest BCUT2D eigenvalue weighted by Gasteiger charge is 2.35. The van der Waals surface area contributed by atoms with Crippen LogP contribution in [0.1, 0.15) is 18.1 Å². The summed E-state index contributed by atoms with van der Waals surface area (Å²) in [6.45, 7) is 1.25. The van der Waals surface area contributed by atoms with E-state index < -0.39 is 30.4 Å². The van der Waals surface area contributed by atoms with Gasteiger partial charge in [-0.2, -0.15) is 0 Å². The van der Waals surface area contributed by atoms with Crippen LogP contribution in [0.4, 0.5) is 10.5 Å². The van der Waals surface area contributed by atoms with Gasteiger partial charge >= 0.3 is 12.0 Å². The van der Waals surface area contributed by atoms with Crippen LogP contribution in [-0.4, -0.2) is 56.1 Å². The molecule has 4 amide bonds. The van der Waals surface area contributed by atoms with Crippen LogP contribution in [0.15, 0.2) is 48.2 Å². The summed E-state index contributed by atoms with van der Waals surface area (Å²) in [6.07, 6.45) is 2.18. The van der Waals surface area contributed by atoms with Gasteiger partial charge in [-0.15, -0.1) is 0 Å². The maximum absolute atomic E-state index is 12.8. The van der Waals surface area contributed by atoms with E-state index in [0.717, 1.165) is 16.9 Å². The van der Waals surface area contributed by atoms with Crippen molar-refractivity contribution in [1.29, 1.82) is 0 Å². The van der Waals surface area contributed by atoms with Crippen LogP contribution in [0, 0.1) is 0 Å². The smallest absolute Gasteiger partial charge is 0.343 e. The van der Waals surface area contributed by atoms with Crippen LogP contribution in [0.3, 0.4) is 0 Å². The summed E-state index contributed by atoms with van der Waals surface area (Å²) in [6, 6.07) is 11.4. The average molecular weight is 467 g/mol. The molecular weight excluding hydrogens is 442 g/mol. The highest BCUT2D eigenvalue weighted by molar-refractivity contribution is 6.16. The van der Waals surface area contributed by atoms with Crippen molar-refractivity contribution in [3.05, 3.63) is 59.3 Å². The molecule has 2 aromatic carbocycles. The summed E-state index contributed by atoms with van der Waals surface area (Å²) in [5, 5.41) is 5.22. The number of nitrogens with one attached hydrogen (secondary N) is 2. The molecule has 0 atom stereocenters. The minimum absolute atomic E-state index is 0.0111. The van der Waals surface area contributed by atoms with E-state index in [1.54, 1.807) is 30.3 Å². The Morgan fingerprint density at radius 3 is 2.56 bits per heavy atom. The van der Waals surface area contributed by atoms with Crippen molar-refractivity contribution < 1.29 is 33.4 Å². The van der Waals surface area contributed by atoms with Crippen molar-refractivity contribution in [3.8, 4) is 11.5 Å². The monoisotopic (exact) mass is 467 g/mol. The van der Waals surface area contributed by atoms with E-state index in [4.69, 9.17) is 9.47 Å². The third kappa shape index (κ3) is 5.71. The Labute approximate surface area is 196 Å². The number of carbonyl (C=O) groups is 4. The van der Waals surface area contributed by atoms with Gasteiger partial charge in [0.25, 0.3) is 5.91 Å². The van der Waals surface area contributed by atoms with Crippen LogP contribution in [0.5, 0.6) is 11.5 Å². The molecule has 0 radical (unpaired) electrons. The number of carbonyl (C=O) groups excluding carboxylic acids is 4. The molecule has 0 aliphatic carbocycles. The van der Waals surface area contributed by atoms with E-state index in [2.05, 4.69) is 15.4 Å². The van der Waals surface area contributed by atoms with Gasteiger partial charge in [-0.3, -0.25) is 9.59 Å². The first-order chi connectivity index (χ1) is 16.4. The summed E-state index contributed by atoms with van der Waals surface area (Å²) >= 11 is 0. The zero-order chi connectivity index (χ0) is 24.7. The molecule has 1 saturated heterocycles. The number of methoxy groups -OCH3 is 2. The van der Waals surface area contributed by atoms with Crippen molar-refractivity contribution in [1.82, 2.24) is 10.2 Å². The second kappa shape index (κ2) is 11.0. The van der Waals surface area contributed by atoms with Crippen molar-refractivity contribution in [2.75, 3.05) is 32.7 Å². The summed E-state index contributed by atoms with van der Waals surface area (Å²) in [5.41, 5.74) is 2.13. The number of ether oxygens (including phenoxy) is 3. The van der Waals surface area contributed by atoms with Crippen LogP contribution in [0.25, 0.3) is 6.08 Å². The van der Waals surface area contributed by atoms with E-state index in [-0.39, 0.29) is 12.3 Å². The van der Waals surface area contributed by atoms with Crippen LogP contribution >= 0.6 is 0 Å². The second-order valence-electron chi connectivity index (χ2n) is 7.21. The molecule has 0 unspecified atom stereocenters. The summed E-state index contributed by atoms with van der Waals surface area (Å²) < 4.78 is 15.2. The molecule has 10 heteroatoms. The quantitative estimate of drug-likeness (QED) is 0.330. The van der Waals surface area contributed by atoms with E-state index in [0.29, 0.717) is 22.7 Å². The van der Waals surface area contributed by atoms with Crippen molar-refractivity contribution in [2.24, 2.45) is 0 Å². The fraction of sp³-hybridized carbons (Fsp3) is 0.250. The van der Waals surface area contributed by atoms with Crippen molar-refractivity contribution in [2.45, 2.75) is 13.3 Å². The number of nitrogens with zero attached hydrogens (tertiary/aromatic N) is 1. The van der Waals surface area contributed by atoms with Gasteiger partial charge < -0.3 is 24.8 Å². The van der Waals surface area contributed by atoms with Crippen molar-refractivity contribution in [3.63, 3.8) is 0 Å². The molecule has 0 saturated carbocycles. The number of amides is 4. The summed E-state index contributed by atoms with van der Waals surface area (Å²) in [7, 11) is 2.68. The number of hydrogen-bond acceptors (Lipinski definition) is 7. The lowest BCUT2D eigenvalue weighted by Gasteiger charge is -2.13. The van der Waals surface area contributed by atoms with E-state index >= 15 is 0 Å². The maximum atomic E-state index is 12.8. The Morgan fingerprint density at radius 2 is 1.85 bits per heavy atom. The predicted octanol–water partition coefficient (Wildman–Crippen LogP) is 2.34. The summed E-state index contributed by atoms with van der Waals surface area (Å²) in [5.74, 6) is -1.04. The van der Waals surface area contributed by atoms with E-state index in [1.807, 2.05) is 19.1 Å². The highest BCUT2D eigenvalue weighted by atomic mass is 16.6. The van der Waals surface area contributed by atoms with Gasteiger partial charge in [0.05, 0.1) is 14.2 Å². The Kier molecular flexibility index (Phi) is 7.86. The van der Waals surface area contributed by atoms with Crippen molar-refractivity contribution >= 4 is 35.6 Å². The van der Waals surface area contributed by atoms with Gasteiger partial charge in [-0.05, 0) is 41.8 Å². The van der Waals surface area contributed by atoms with Crippen LogP contribution in [-0.2, 0) is 25.5 Å². The number of anilines is 1. The SMILES string of the molecule is CCc1ccccc1NC(=O)CN1C(=O)N/C(=C/c2ccc(OCC(=O)OC)c(OC)c2)C1=O. The molecule has 178 valence electrons. The Hall–Kier alpha value is -4.34.